The largest absolute Gasteiger partial charge is 0.370 e. The third-order valence-electron chi connectivity index (χ3n) is 4.34. The van der Waals surface area contributed by atoms with Crippen LogP contribution in [-0.4, -0.2) is 38.4 Å². The maximum atomic E-state index is 12.2. The number of thioether (sulfide) groups is 1. The van der Waals surface area contributed by atoms with Gasteiger partial charge >= 0.3 is 0 Å². The van der Waals surface area contributed by atoms with E-state index in [0.717, 1.165) is 17.7 Å². The molecule has 1 aliphatic carbocycles. The van der Waals surface area contributed by atoms with Crippen molar-refractivity contribution in [2.24, 2.45) is 5.73 Å². The van der Waals surface area contributed by atoms with Gasteiger partial charge in [0.05, 0.1) is 10.6 Å². The van der Waals surface area contributed by atoms with Gasteiger partial charge in [-0.15, -0.1) is 21.5 Å². The third kappa shape index (κ3) is 5.07. The minimum absolute atomic E-state index is 0.0176. The number of thiophene rings is 1. The topological polar surface area (TPSA) is 103 Å². The van der Waals surface area contributed by atoms with Crippen molar-refractivity contribution in [3.8, 4) is 10.7 Å². The van der Waals surface area contributed by atoms with Gasteiger partial charge in [-0.1, -0.05) is 37.1 Å². The highest BCUT2D eigenvalue weighted by Gasteiger charge is 2.19. The molecule has 0 saturated heterocycles. The van der Waals surface area contributed by atoms with E-state index in [0.29, 0.717) is 23.6 Å². The molecule has 0 aromatic carbocycles. The maximum Gasteiger partial charge on any atom is 0.230 e. The summed E-state index contributed by atoms with van der Waals surface area (Å²) in [7, 11) is 0. The fourth-order valence-corrected chi connectivity index (χ4v) is 4.55. The zero-order valence-corrected chi connectivity index (χ0v) is 16.2. The first-order chi connectivity index (χ1) is 12.6. The number of carbonyl (C=O) groups is 2. The third-order valence-corrected chi connectivity index (χ3v) is 6.18. The molecular formula is C17H23N5O2S2. The molecule has 2 aromatic heterocycles. The van der Waals surface area contributed by atoms with Crippen molar-refractivity contribution >= 4 is 34.9 Å². The number of hydrogen-bond acceptors (Lipinski definition) is 6. The highest BCUT2D eigenvalue weighted by atomic mass is 32.2. The Kier molecular flexibility index (Phi) is 6.67. The van der Waals surface area contributed by atoms with E-state index in [1.807, 2.05) is 22.1 Å². The second kappa shape index (κ2) is 9.18. The SMILES string of the molecule is NC(=O)CCn1c(SCC(=O)NC2CCCCC2)nnc1-c1cccs1. The average molecular weight is 394 g/mol. The molecule has 26 heavy (non-hydrogen) atoms. The Morgan fingerprint density at radius 2 is 2.12 bits per heavy atom. The lowest BCUT2D eigenvalue weighted by Crippen LogP contribution is -2.37. The lowest BCUT2D eigenvalue weighted by atomic mass is 9.95. The lowest BCUT2D eigenvalue weighted by molar-refractivity contribution is -0.119. The van der Waals surface area contributed by atoms with Crippen LogP contribution in [0.2, 0.25) is 0 Å². The van der Waals surface area contributed by atoms with Gasteiger partial charge < -0.3 is 15.6 Å². The Morgan fingerprint density at radius 3 is 2.81 bits per heavy atom. The van der Waals surface area contributed by atoms with Crippen LogP contribution in [0.3, 0.4) is 0 Å². The molecule has 2 heterocycles. The predicted octanol–water partition coefficient (Wildman–Crippen LogP) is 2.42. The number of carbonyl (C=O) groups excluding carboxylic acids is 2. The number of nitrogens with two attached hydrogens (primary N) is 1. The standard InChI is InChI=1S/C17H23N5O2S2/c18-14(23)8-9-22-16(13-7-4-10-25-13)20-21-17(22)26-11-15(24)19-12-5-2-1-3-6-12/h4,7,10,12H,1-3,5-6,8-9,11H2,(H2,18,23)(H,19,24). The van der Waals surface area contributed by atoms with Crippen molar-refractivity contribution in [1.82, 2.24) is 20.1 Å². The smallest absolute Gasteiger partial charge is 0.230 e. The molecule has 9 heteroatoms. The van der Waals surface area contributed by atoms with Gasteiger partial charge in [0.15, 0.2) is 11.0 Å². The first-order valence-electron chi connectivity index (χ1n) is 8.81. The van der Waals surface area contributed by atoms with Gasteiger partial charge in [-0.25, -0.2) is 0 Å². The molecule has 3 rings (SSSR count). The average Bonchev–Trinajstić information content (AvgIpc) is 3.28. The quantitative estimate of drug-likeness (QED) is 0.671. The van der Waals surface area contributed by atoms with E-state index in [9.17, 15) is 9.59 Å². The van der Waals surface area contributed by atoms with Crippen LogP contribution in [0, 0.1) is 0 Å². The molecule has 1 fully saturated rings. The number of nitrogens with zero attached hydrogens (tertiary/aromatic N) is 3. The number of primary amides is 1. The lowest BCUT2D eigenvalue weighted by Gasteiger charge is -2.22. The van der Waals surface area contributed by atoms with Crippen LogP contribution in [-0.2, 0) is 16.1 Å². The Hall–Kier alpha value is -1.87. The minimum Gasteiger partial charge on any atom is -0.370 e. The van der Waals surface area contributed by atoms with E-state index in [-0.39, 0.29) is 24.0 Å². The molecular weight excluding hydrogens is 370 g/mol. The van der Waals surface area contributed by atoms with Crippen molar-refractivity contribution < 1.29 is 9.59 Å². The Balaban J connectivity index is 1.64. The monoisotopic (exact) mass is 393 g/mol. The zero-order valence-electron chi connectivity index (χ0n) is 14.5. The van der Waals surface area contributed by atoms with Crippen molar-refractivity contribution in [2.45, 2.75) is 56.3 Å². The molecule has 3 N–H and O–H groups in total. The fourth-order valence-electron chi connectivity index (χ4n) is 3.05. The number of aromatic nitrogens is 3. The van der Waals surface area contributed by atoms with E-state index in [1.165, 1.54) is 31.0 Å². The van der Waals surface area contributed by atoms with Gasteiger partial charge in [-0.3, -0.25) is 9.59 Å². The second-order valence-corrected chi connectivity index (χ2v) is 8.23. The van der Waals surface area contributed by atoms with Crippen molar-refractivity contribution in [3.05, 3.63) is 17.5 Å². The highest BCUT2D eigenvalue weighted by Crippen LogP contribution is 2.27. The Labute approximate surface area is 160 Å². The molecule has 0 spiro atoms. The first kappa shape index (κ1) is 18.9. The van der Waals surface area contributed by atoms with E-state index >= 15 is 0 Å². The van der Waals surface area contributed by atoms with Gasteiger partial charge in [0.1, 0.15) is 0 Å². The summed E-state index contributed by atoms with van der Waals surface area (Å²) in [5.74, 6) is 0.637. The molecule has 0 unspecified atom stereocenters. The molecule has 0 atom stereocenters. The van der Waals surface area contributed by atoms with Crippen molar-refractivity contribution in [2.75, 3.05) is 5.75 Å². The number of hydrogen-bond donors (Lipinski definition) is 2. The molecule has 0 aliphatic heterocycles. The summed E-state index contributed by atoms with van der Waals surface area (Å²) in [5, 5.41) is 14.2. The summed E-state index contributed by atoms with van der Waals surface area (Å²) in [6.07, 6.45) is 5.96. The molecule has 140 valence electrons. The highest BCUT2D eigenvalue weighted by molar-refractivity contribution is 7.99. The van der Waals surface area contributed by atoms with Crippen LogP contribution in [0.1, 0.15) is 38.5 Å². The van der Waals surface area contributed by atoms with Crippen LogP contribution in [0.4, 0.5) is 0 Å². The summed E-state index contributed by atoms with van der Waals surface area (Å²) < 4.78 is 1.87. The normalized spacial score (nSPS) is 15.1. The summed E-state index contributed by atoms with van der Waals surface area (Å²) in [5.41, 5.74) is 5.29. The van der Waals surface area contributed by atoms with E-state index in [2.05, 4.69) is 15.5 Å². The molecule has 0 radical (unpaired) electrons. The van der Waals surface area contributed by atoms with Crippen LogP contribution >= 0.6 is 23.1 Å². The summed E-state index contributed by atoms with van der Waals surface area (Å²) in [6.45, 7) is 0.405. The number of nitrogens with one attached hydrogen (secondary N) is 1. The molecule has 1 aliphatic rings. The second-order valence-electron chi connectivity index (χ2n) is 6.34. The zero-order chi connectivity index (χ0) is 18.4. The molecule has 7 nitrogen and oxygen atoms in total. The van der Waals surface area contributed by atoms with Crippen molar-refractivity contribution in [3.63, 3.8) is 0 Å². The van der Waals surface area contributed by atoms with Crippen molar-refractivity contribution in [1.29, 1.82) is 0 Å². The fraction of sp³-hybridized carbons (Fsp3) is 0.529. The predicted molar refractivity (Wildman–Crippen MR) is 103 cm³/mol. The summed E-state index contributed by atoms with van der Waals surface area (Å²) in [6, 6.07) is 4.20. The Morgan fingerprint density at radius 1 is 1.31 bits per heavy atom. The van der Waals surface area contributed by atoms with E-state index in [1.54, 1.807) is 11.3 Å². The maximum absolute atomic E-state index is 12.2. The van der Waals surface area contributed by atoms with Crippen LogP contribution < -0.4 is 11.1 Å². The molecule has 2 amide bonds. The van der Waals surface area contributed by atoms with Gasteiger partial charge in [-0.2, -0.15) is 0 Å². The Bertz CT molecular complexity index is 738. The van der Waals surface area contributed by atoms with Crippen LogP contribution in [0.5, 0.6) is 0 Å². The number of amides is 2. The van der Waals surface area contributed by atoms with Gasteiger partial charge in [0.2, 0.25) is 11.8 Å². The molecule has 0 bridgehead atoms. The van der Waals surface area contributed by atoms with Gasteiger partial charge in [0, 0.05) is 19.0 Å². The van der Waals surface area contributed by atoms with Crippen LogP contribution in [0.25, 0.3) is 10.7 Å². The summed E-state index contributed by atoms with van der Waals surface area (Å²) >= 11 is 2.90. The van der Waals surface area contributed by atoms with Gasteiger partial charge in [0.25, 0.3) is 0 Å². The molecule has 1 saturated carbocycles. The number of rotatable bonds is 8. The van der Waals surface area contributed by atoms with Gasteiger partial charge in [-0.05, 0) is 24.3 Å². The van der Waals surface area contributed by atoms with E-state index < -0.39 is 0 Å². The van der Waals surface area contributed by atoms with Crippen LogP contribution in [0.15, 0.2) is 22.7 Å². The molecule has 2 aromatic rings. The van der Waals surface area contributed by atoms with E-state index in [4.69, 9.17) is 5.73 Å². The summed E-state index contributed by atoms with van der Waals surface area (Å²) in [4.78, 5) is 24.4. The first-order valence-corrected chi connectivity index (χ1v) is 10.7. The minimum atomic E-state index is -0.373.